The van der Waals surface area contributed by atoms with Crippen LogP contribution >= 0.6 is 0 Å². The van der Waals surface area contributed by atoms with E-state index >= 15 is 0 Å². The highest BCUT2D eigenvalue weighted by Gasteiger charge is 2.06. The largest absolute Gasteiger partial charge is 0.508 e. The molecule has 74 valence electrons. The number of phenols is 1. The fourth-order valence-electron chi connectivity index (χ4n) is 1.67. The molecule has 0 saturated heterocycles. The van der Waals surface area contributed by atoms with Crippen LogP contribution in [0.25, 0.3) is 10.9 Å². The third-order valence-corrected chi connectivity index (χ3v) is 2.29. The summed E-state index contributed by atoms with van der Waals surface area (Å²) >= 11 is 0. The van der Waals surface area contributed by atoms with Gasteiger partial charge >= 0.3 is 0 Å². The number of hydrogen-bond acceptors (Lipinski definition) is 3. The van der Waals surface area contributed by atoms with Crippen LogP contribution < -0.4 is 5.90 Å². The Bertz CT molecular complexity index is 462. The first-order valence-electron chi connectivity index (χ1n) is 4.31. The van der Waals surface area contributed by atoms with E-state index in [-0.39, 0.29) is 5.75 Å². The predicted molar refractivity (Wildman–Crippen MR) is 53.6 cm³/mol. The average Bonchev–Trinajstić information content (AvgIpc) is 2.44. The molecule has 0 aliphatic rings. The SMILES string of the molecule is Cn1cc(CON)c2cc(O)ccc21. The summed E-state index contributed by atoms with van der Waals surface area (Å²) < 4.78 is 1.98. The summed E-state index contributed by atoms with van der Waals surface area (Å²) in [6.07, 6.45) is 1.94. The second-order valence-corrected chi connectivity index (χ2v) is 3.28. The molecule has 4 heteroatoms. The highest BCUT2D eigenvalue weighted by molar-refractivity contribution is 5.85. The lowest BCUT2D eigenvalue weighted by Gasteiger charge is -1.97. The molecule has 1 aromatic carbocycles. The lowest BCUT2D eigenvalue weighted by Crippen LogP contribution is -1.97. The number of aryl methyl sites for hydroxylation is 1. The molecule has 0 atom stereocenters. The molecule has 1 heterocycles. The molecular formula is C10H12N2O2. The Hall–Kier alpha value is -1.52. The molecule has 14 heavy (non-hydrogen) atoms. The molecule has 0 aliphatic carbocycles. The summed E-state index contributed by atoms with van der Waals surface area (Å²) in [7, 11) is 1.94. The molecule has 2 rings (SSSR count). The van der Waals surface area contributed by atoms with Crippen molar-refractivity contribution >= 4 is 10.9 Å². The van der Waals surface area contributed by atoms with Gasteiger partial charge in [0.05, 0.1) is 6.61 Å². The minimum atomic E-state index is 0.252. The fraction of sp³-hybridized carbons (Fsp3) is 0.200. The zero-order valence-corrected chi connectivity index (χ0v) is 7.90. The Morgan fingerprint density at radius 3 is 3.00 bits per heavy atom. The second-order valence-electron chi connectivity index (χ2n) is 3.28. The van der Waals surface area contributed by atoms with Crippen LogP contribution in [0.1, 0.15) is 5.56 Å². The number of fused-ring (bicyclic) bond motifs is 1. The van der Waals surface area contributed by atoms with Crippen molar-refractivity contribution in [3.8, 4) is 5.75 Å². The van der Waals surface area contributed by atoms with Gasteiger partial charge in [-0.15, -0.1) is 0 Å². The van der Waals surface area contributed by atoms with Crippen LogP contribution in [0.2, 0.25) is 0 Å². The summed E-state index contributed by atoms with van der Waals surface area (Å²) in [6.45, 7) is 0.348. The van der Waals surface area contributed by atoms with Crippen LogP contribution in [0.5, 0.6) is 5.75 Å². The van der Waals surface area contributed by atoms with E-state index in [0.29, 0.717) is 6.61 Å². The van der Waals surface area contributed by atoms with E-state index in [1.54, 1.807) is 12.1 Å². The van der Waals surface area contributed by atoms with Gasteiger partial charge in [0.1, 0.15) is 5.75 Å². The predicted octanol–water partition coefficient (Wildman–Crippen LogP) is 1.27. The van der Waals surface area contributed by atoms with Crippen LogP contribution in [0, 0.1) is 0 Å². The van der Waals surface area contributed by atoms with Gasteiger partial charge in [0, 0.05) is 29.7 Å². The Kier molecular flexibility index (Phi) is 2.15. The molecule has 0 saturated carbocycles. The Morgan fingerprint density at radius 1 is 1.50 bits per heavy atom. The van der Waals surface area contributed by atoms with E-state index in [2.05, 4.69) is 4.84 Å². The Balaban J connectivity index is 2.66. The third-order valence-electron chi connectivity index (χ3n) is 2.29. The zero-order chi connectivity index (χ0) is 10.1. The van der Waals surface area contributed by atoms with E-state index in [0.717, 1.165) is 16.5 Å². The first-order valence-corrected chi connectivity index (χ1v) is 4.31. The lowest BCUT2D eigenvalue weighted by molar-refractivity contribution is 0.125. The Labute approximate surface area is 81.5 Å². The topological polar surface area (TPSA) is 60.4 Å². The monoisotopic (exact) mass is 192 g/mol. The number of aromatic hydroxyl groups is 1. The Morgan fingerprint density at radius 2 is 2.29 bits per heavy atom. The van der Waals surface area contributed by atoms with Gasteiger partial charge in [-0.3, -0.25) is 4.84 Å². The molecule has 0 bridgehead atoms. The maximum atomic E-state index is 9.35. The molecule has 2 aromatic rings. The molecule has 1 aromatic heterocycles. The molecule has 4 nitrogen and oxygen atoms in total. The first-order chi connectivity index (χ1) is 6.72. The maximum Gasteiger partial charge on any atom is 0.116 e. The van der Waals surface area contributed by atoms with Crippen molar-refractivity contribution in [3.63, 3.8) is 0 Å². The smallest absolute Gasteiger partial charge is 0.116 e. The molecule has 0 fully saturated rings. The summed E-state index contributed by atoms with van der Waals surface area (Å²) in [5.41, 5.74) is 2.02. The van der Waals surface area contributed by atoms with Crippen molar-refractivity contribution < 1.29 is 9.94 Å². The second kappa shape index (κ2) is 3.32. The standard InChI is InChI=1S/C10H12N2O2/c1-12-5-7(6-14-11)9-4-8(13)2-3-10(9)12/h2-5,13H,6,11H2,1H3. The van der Waals surface area contributed by atoms with Crippen LogP contribution in [0.3, 0.4) is 0 Å². The van der Waals surface area contributed by atoms with Gasteiger partial charge in [0.2, 0.25) is 0 Å². The number of phenolic OH excluding ortho intramolecular Hbond substituents is 1. The molecule has 0 aliphatic heterocycles. The van der Waals surface area contributed by atoms with E-state index < -0.39 is 0 Å². The molecule has 0 radical (unpaired) electrons. The number of aromatic nitrogens is 1. The van der Waals surface area contributed by atoms with Crippen molar-refractivity contribution in [2.45, 2.75) is 6.61 Å². The lowest BCUT2D eigenvalue weighted by atomic mass is 10.2. The van der Waals surface area contributed by atoms with E-state index in [1.165, 1.54) is 0 Å². The van der Waals surface area contributed by atoms with Crippen LogP contribution in [-0.4, -0.2) is 9.67 Å². The maximum absolute atomic E-state index is 9.35. The van der Waals surface area contributed by atoms with Crippen molar-refractivity contribution in [2.75, 3.05) is 0 Å². The van der Waals surface area contributed by atoms with Gasteiger partial charge in [-0.2, -0.15) is 0 Å². The fourth-order valence-corrected chi connectivity index (χ4v) is 1.67. The van der Waals surface area contributed by atoms with Gasteiger partial charge < -0.3 is 9.67 Å². The summed E-state index contributed by atoms with van der Waals surface area (Å²) in [5, 5.41) is 10.3. The van der Waals surface area contributed by atoms with Crippen LogP contribution in [-0.2, 0) is 18.5 Å². The summed E-state index contributed by atoms with van der Waals surface area (Å²) in [5.74, 6) is 5.28. The summed E-state index contributed by atoms with van der Waals surface area (Å²) in [4.78, 5) is 4.59. The van der Waals surface area contributed by atoms with Crippen molar-refractivity contribution in [1.82, 2.24) is 4.57 Å². The van der Waals surface area contributed by atoms with Crippen molar-refractivity contribution in [3.05, 3.63) is 30.0 Å². The van der Waals surface area contributed by atoms with Gasteiger partial charge in [0.15, 0.2) is 0 Å². The molecule has 0 spiro atoms. The minimum absolute atomic E-state index is 0.252. The van der Waals surface area contributed by atoms with E-state index in [9.17, 15) is 5.11 Å². The first kappa shape index (κ1) is 9.05. The van der Waals surface area contributed by atoms with E-state index in [4.69, 9.17) is 5.90 Å². The van der Waals surface area contributed by atoms with Gasteiger partial charge in [-0.05, 0) is 18.2 Å². The van der Waals surface area contributed by atoms with Gasteiger partial charge in [-0.25, -0.2) is 5.90 Å². The van der Waals surface area contributed by atoms with E-state index in [1.807, 2.05) is 23.9 Å². The number of hydrogen-bond donors (Lipinski definition) is 2. The molecular weight excluding hydrogens is 180 g/mol. The van der Waals surface area contributed by atoms with Crippen molar-refractivity contribution in [2.24, 2.45) is 12.9 Å². The normalized spacial score (nSPS) is 11.0. The minimum Gasteiger partial charge on any atom is -0.508 e. The van der Waals surface area contributed by atoms with Gasteiger partial charge in [-0.1, -0.05) is 0 Å². The molecule has 3 N–H and O–H groups in total. The number of nitrogens with two attached hydrogens (primary N) is 1. The number of benzene rings is 1. The van der Waals surface area contributed by atoms with Crippen LogP contribution in [0.4, 0.5) is 0 Å². The summed E-state index contributed by atoms with van der Waals surface area (Å²) in [6, 6.07) is 5.24. The highest BCUT2D eigenvalue weighted by atomic mass is 16.6. The zero-order valence-electron chi connectivity index (χ0n) is 7.90. The third kappa shape index (κ3) is 1.34. The quantitative estimate of drug-likeness (QED) is 0.704. The van der Waals surface area contributed by atoms with Crippen LogP contribution in [0.15, 0.2) is 24.4 Å². The van der Waals surface area contributed by atoms with Crippen molar-refractivity contribution in [1.29, 1.82) is 0 Å². The average molecular weight is 192 g/mol. The highest BCUT2D eigenvalue weighted by Crippen LogP contribution is 2.24. The number of nitrogens with zero attached hydrogens (tertiary/aromatic N) is 1. The molecule has 0 amide bonds. The number of rotatable bonds is 2. The molecule has 0 unspecified atom stereocenters. The van der Waals surface area contributed by atoms with Gasteiger partial charge in [0.25, 0.3) is 0 Å².